The molecule has 1 N–H and O–H groups in total. The number of furan rings is 1. The first-order valence-corrected chi connectivity index (χ1v) is 13.4. The van der Waals surface area contributed by atoms with Gasteiger partial charge in [-0.3, -0.25) is 0 Å². The van der Waals surface area contributed by atoms with E-state index in [1.807, 2.05) is 18.2 Å². The monoisotopic (exact) mass is 499 g/mol. The third kappa shape index (κ3) is 3.09. The van der Waals surface area contributed by atoms with Crippen LogP contribution in [0.2, 0.25) is 0 Å². The molecule has 0 unspecified atom stereocenters. The maximum Gasteiger partial charge on any atom is 0.137 e. The molecule has 1 aromatic heterocycles. The molecule has 1 aliphatic rings. The fraction of sp³-hybridized carbons (Fsp3) is 0.0270. The summed E-state index contributed by atoms with van der Waals surface area (Å²) in [5.41, 5.74) is 11.1. The van der Waals surface area contributed by atoms with Crippen molar-refractivity contribution >= 4 is 33.3 Å². The van der Waals surface area contributed by atoms with Gasteiger partial charge in [-0.1, -0.05) is 121 Å². The van der Waals surface area contributed by atoms with Crippen molar-refractivity contribution < 1.29 is 4.42 Å². The van der Waals surface area contributed by atoms with Gasteiger partial charge in [-0.25, -0.2) is 0 Å². The molecule has 6 aromatic carbocycles. The van der Waals surface area contributed by atoms with Crippen LogP contribution in [-0.2, 0) is 5.41 Å². The number of hydrogen-bond acceptors (Lipinski definition) is 2. The van der Waals surface area contributed by atoms with Gasteiger partial charge >= 0.3 is 0 Å². The smallest absolute Gasteiger partial charge is 0.137 e. The zero-order valence-electron chi connectivity index (χ0n) is 21.3. The summed E-state index contributed by atoms with van der Waals surface area (Å²) in [6, 6.07) is 51.9. The SMILES string of the molecule is c1ccc(C2(c3ccccc3)c3ccccc3-c3c(Nc4cccc5oc6ccccc6c45)cccc32)cc1. The van der Waals surface area contributed by atoms with Crippen molar-refractivity contribution in [1.29, 1.82) is 0 Å². The van der Waals surface area contributed by atoms with Gasteiger partial charge in [0.25, 0.3) is 0 Å². The molecule has 39 heavy (non-hydrogen) atoms. The van der Waals surface area contributed by atoms with Gasteiger partial charge in [0.05, 0.1) is 16.5 Å². The number of anilines is 2. The number of nitrogens with one attached hydrogen (secondary N) is 1. The molecule has 0 atom stereocenters. The summed E-state index contributed by atoms with van der Waals surface area (Å²) in [4.78, 5) is 0. The van der Waals surface area contributed by atoms with Crippen LogP contribution in [0, 0.1) is 0 Å². The number of rotatable bonds is 4. The largest absolute Gasteiger partial charge is 0.456 e. The van der Waals surface area contributed by atoms with E-state index in [9.17, 15) is 0 Å². The molecule has 2 heteroatoms. The van der Waals surface area contributed by atoms with E-state index in [1.165, 1.54) is 33.4 Å². The Labute approximate surface area is 227 Å². The highest BCUT2D eigenvalue weighted by Crippen LogP contribution is 2.58. The van der Waals surface area contributed by atoms with Crippen molar-refractivity contribution in [2.24, 2.45) is 0 Å². The highest BCUT2D eigenvalue weighted by molar-refractivity contribution is 6.12. The van der Waals surface area contributed by atoms with Crippen LogP contribution in [-0.4, -0.2) is 0 Å². The van der Waals surface area contributed by atoms with Crippen molar-refractivity contribution in [1.82, 2.24) is 0 Å². The number of benzene rings is 6. The molecule has 8 rings (SSSR count). The predicted octanol–water partition coefficient (Wildman–Crippen LogP) is 9.69. The van der Waals surface area contributed by atoms with E-state index in [0.717, 1.165) is 33.3 Å². The summed E-state index contributed by atoms with van der Waals surface area (Å²) < 4.78 is 6.19. The maximum atomic E-state index is 6.19. The highest BCUT2D eigenvalue weighted by Gasteiger charge is 2.46. The standard InChI is InChI=1S/C37H25NO/c1-3-13-25(14-4-1)37(26-15-5-2-6-16-26)29-19-9-7-17-27(29)35-30(37)20-11-21-31(35)38-32-22-12-24-34-36(32)28-18-8-10-23-33(28)39-34/h1-24,38H. The molecule has 0 radical (unpaired) electrons. The average molecular weight is 500 g/mol. The summed E-state index contributed by atoms with van der Waals surface area (Å²) in [6.07, 6.45) is 0. The minimum Gasteiger partial charge on any atom is -0.456 e. The first-order chi connectivity index (χ1) is 19.4. The molecule has 0 aliphatic heterocycles. The number of para-hydroxylation sites is 1. The summed E-state index contributed by atoms with van der Waals surface area (Å²) in [6.45, 7) is 0. The van der Waals surface area contributed by atoms with Crippen LogP contribution in [0.1, 0.15) is 22.3 Å². The van der Waals surface area contributed by atoms with Crippen molar-refractivity contribution in [3.8, 4) is 11.1 Å². The van der Waals surface area contributed by atoms with E-state index in [4.69, 9.17) is 4.42 Å². The van der Waals surface area contributed by atoms with Gasteiger partial charge in [0.2, 0.25) is 0 Å². The van der Waals surface area contributed by atoms with Gasteiger partial charge in [-0.15, -0.1) is 0 Å². The molecule has 0 fully saturated rings. The van der Waals surface area contributed by atoms with Crippen LogP contribution in [0.15, 0.2) is 150 Å². The Morgan fingerprint density at radius 1 is 0.462 bits per heavy atom. The molecular weight excluding hydrogens is 474 g/mol. The Morgan fingerprint density at radius 3 is 1.85 bits per heavy atom. The zero-order chi connectivity index (χ0) is 25.8. The van der Waals surface area contributed by atoms with E-state index in [-0.39, 0.29) is 0 Å². The van der Waals surface area contributed by atoms with Crippen LogP contribution >= 0.6 is 0 Å². The van der Waals surface area contributed by atoms with E-state index in [2.05, 4.69) is 133 Å². The Morgan fingerprint density at radius 2 is 1.05 bits per heavy atom. The van der Waals surface area contributed by atoms with Gasteiger partial charge in [0.15, 0.2) is 0 Å². The van der Waals surface area contributed by atoms with Gasteiger partial charge in [0, 0.05) is 16.6 Å². The third-order valence-electron chi connectivity index (χ3n) is 8.15. The molecule has 2 nitrogen and oxygen atoms in total. The molecule has 7 aromatic rings. The summed E-state index contributed by atoms with van der Waals surface area (Å²) >= 11 is 0. The quantitative estimate of drug-likeness (QED) is 0.261. The van der Waals surface area contributed by atoms with Crippen molar-refractivity contribution in [2.75, 3.05) is 5.32 Å². The normalized spacial score (nSPS) is 13.3. The lowest BCUT2D eigenvalue weighted by molar-refractivity contribution is 0.669. The van der Waals surface area contributed by atoms with Gasteiger partial charge in [-0.05, 0) is 52.1 Å². The molecule has 1 aliphatic carbocycles. The Balaban J connectivity index is 1.42. The average Bonchev–Trinajstić information content (AvgIpc) is 3.53. The van der Waals surface area contributed by atoms with Crippen molar-refractivity contribution in [3.63, 3.8) is 0 Å². The molecule has 0 saturated carbocycles. The van der Waals surface area contributed by atoms with Gasteiger partial charge in [0.1, 0.15) is 11.2 Å². The fourth-order valence-corrected chi connectivity index (χ4v) is 6.62. The van der Waals surface area contributed by atoms with Crippen molar-refractivity contribution in [3.05, 3.63) is 168 Å². The summed E-state index contributed by atoms with van der Waals surface area (Å²) in [5.74, 6) is 0. The molecule has 184 valence electrons. The molecular formula is C37H25NO. The van der Waals surface area contributed by atoms with Crippen LogP contribution in [0.3, 0.4) is 0 Å². The van der Waals surface area contributed by atoms with Crippen LogP contribution in [0.4, 0.5) is 11.4 Å². The third-order valence-corrected chi connectivity index (χ3v) is 8.15. The molecule has 0 spiro atoms. The number of hydrogen-bond donors (Lipinski definition) is 1. The predicted molar refractivity (Wildman–Crippen MR) is 161 cm³/mol. The lowest BCUT2D eigenvalue weighted by Gasteiger charge is -2.33. The second-order valence-corrected chi connectivity index (χ2v) is 10.2. The molecule has 1 heterocycles. The molecule has 0 saturated heterocycles. The molecule has 0 amide bonds. The first-order valence-electron chi connectivity index (χ1n) is 13.4. The first kappa shape index (κ1) is 22.0. The summed E-state index contributed by atoms with van der Waals surface area (Å²) in [7, 11) is 0. The van der Waals surface area contributed by atoms with E-state index in [1.54, 1.807) is 0 Å². The Bertz CT molecular complexity index is 1950. The van der Waals surface area contributed by atoms with E-state index >= 15 is 0 Å². The van der Waals surface area contributed by atoms with Crippen LogP contribution < -0.4 is 5.32 Å². The van der Waals surface area contributed by atoms with E-state index in [0.29, 0.717) is 0 Å². The van der Waals surface area contributed by atoms with Crippen molar-refractivity contribution in [2.45, 2.75) is 5.41 Å². The van der Waals surface area contributed by atoms with E-state index < -0.39 is 5.41 Å². The maximum absolute atomic E-state index is 6.19. The lowest BCUT2D eigenvalue weighted by Crippen LogP contribution is -2.28. The second kappa shape index (κ2) is 8.47. The second-order valence-electron chi connectivity index (χ2n) is 10.2. The van der Waals surface area contributed by atoms with Crippen LogP contribution in [0.25, 0.3) is 33.1 Å². The van der Waals surface area contributed by atoms with Crippen LogP contribution in [0.5, 0.6) is 0 Å². The Kier molecular flexibility index (Phi) is 4.77. The number of fused-ring (bicyclic) bond motifs is 6. The minimum absolute atomic E-state index is 0.416. The zero-order valence-corrected chi connectivity index (χ0v) is 21.3. The lowest BCUT2D eigenvalue weighted by atomic mass is 9.68. The van der Waals surface area contributed by atoms with Gasteiger partial charge in [-0.2, -0.15) is 0 Å². The highest BCUT2D eigenvalue weighted by atomic mass is 16.3. The topological polar surface area (TPSA) is 25.2 Å². The van der Waals surface area contributed by atoms with Gasteiger partial charge < -0.3 is 9.73 Å². The molecule has 0 bridgehead atoms. The fourth-order valence-electron chi connectivity index (χ4n) is 6.62. The summed E-state index contributed by atoms with van der Waals surface area (Å²) in [5, 5.41) is 6.07. The minimum atomic E-state index is -0.416. The Hall–Kier alpha value is -5.08.